The minimum absolute atomic E-state index is 0.00129. The van der Waals surface area contributed by atoms with Crippen LogP contribution in [0.4, 0.5) is 0 Å². The third-order valence-electron chi connectivity index (χ3n) is 2.69. The summed E-state index contributed by atoms with van der Waals surface area (Å²) in [7, 11) is 0. The van der Waals surface area contributed by atoms with Gasteiger partial charge in [-0.3, -0.25) is 9.59 Å². The largest absolute Gasteiger partial charge is 0.480 e. The molecule has 0 saturated carbocycles. The zero-order valence-electron chi connectivity index (χ0n) is 9.24. The van der Waals surface area contributed by atoms with Crippen LogP contribution in [0.15, 0.2) is 0 Å². The van der Waals surface area contributed by atoms with Gasteiger partial charge in [-0.2, -0.15) is 0 Å². The molecule has 1 rings (SSSR count). The standard InChI is InChI=1S/C10H19N3O3/c11-7(10(15)16)3-1-6-13-9(14)8-4-2-5-12-8/h7-8,12H,1-6,11H2,(H,13,14)(H,15,16). The fourth-order valence-corrected chi connectivity index (χ4v) is 1.69. The summed E-state index contributed by atoms with van der Waals surface area (Å²) in [5.41, 5.74) is 5.33. The summed E-state index contributed by atoms with van der Waals surface area (Å²) >= 11 is 0. The van der Waals surface area contributed by atoms with Crippen LogP contribution < -0.4 is 16.4 Å². The highest BCUT2D eigenvalue weighted by Gasteiger charge is 2.21. The lowest BCUT2D eigenvalue weighted by molar-refractivity contribution is -0.138. The second-order valence-electron chi connectivity index (χ2n) is 4.03. The van der Waals surface area contributed by atoms with Crippen LogP contribution in [-0.2, 0) is 9.59 Å². The fourth-order valence-electron chi connectivity index (χ4n) is 1.69. The van der Waals surface area contributed by atoms with Crippen LogP contribution in [0, 0.1) is 0 Å². The van der Waals surface area contributed by atoms with Gasteiger partial charge in [-0.1, -0.05) is 0 Å². The number of rotatable bonds is 6. The maximum absolute atomic E-state index is 11.5. The average Bonchev–Trinajstić information content (AvgIpc) is 2.76. The van der Waals surface area contributed by atoms with E-state index in [4.69, 9.17) is 10.8 Å². The predicted molar refractivity (Wildman–Crippen MR) is 58.9 cm³/mol. The van der Waals surface area contributed by atoms with E-state index in [1.165, 1.54) is 0 Å². The molecule has 1 aliphatic rings. The number of nitrogens with two attached hydrogens (primary N) is 1. The molecule has 0 aromatic carbocycles. The number of carbonyl (C=O) groups is 2. The van der Waals surface area contributed by atoms with E-state index in [0.29, 0.717) is 19.4 Å². The number of hydrogen-bond donors (Lipinski definition) is 4. The Bertz CT molecular complexity index is 252. The summed E-state index contributed by atoms with van der Waals surface area (Å²) in [5.74, 6) is -0.995. The van der Waals surface area contributed by atoms with Gasteiger partial charge in [0.2, 0.25) is 5.91 Å². The van der Waals surface area contributed by atoms with Gasteiger partial charge in [0, 0.05) is 6.54 Å². The van der Waals surface area contributed by atoms with Gasteiger partial charge in [-0.25, -0.2) is 0 Å². The topological polar surface area (TPSA) is 104 Å². The monoisotopic (exact) mass is 229 g/mol. The number of hydrogen-bond acceptors (Lipinski definition) is 4. The Hall–Kier alpha value is -1.14. The van der Waals surface area contributed by atoms with Crippen molar-refractivity contribution < 1.29 is 14.7 Å². The molecule has 92 valence electrons. The van der Waals surface area contributed by atoms with Crippen molar-refractivity contribution in [2.75, 3.05) is 13.1 Å². The first-order chi connectivity index (χ1) is 7.61. The van der Waals surface area contributed by atoms with Crippen LogP contribution >= 0.6 is 0 Å². The van der Waals surface area contributed by atoms with Crippen LogP contribution in [0.5, 0.6) is 0 Å². The van der Waals surface area contributed by atoms with E-state index in [1.807, 2.05) is 0 Å². The molecule has 2 atom stereocenters. The molecular formula is C10H19N3O3. The zero-order chi connectivity index (χ0) is 12.0. The molecule has 0 aromatic rings. The van der Waals surface area contributed by atoms with Crippen molar-refractivity contribution in [1.82, 2.24) is 10.6 Å². The lowest BCUT2D eigenvalue weighted by atomic mass is 10.1. The average molecular weight is 229 g/mol. The molecule has 6 heteroatoms. The van der Waals surface area contributed by atoms with E-state index < -0.39 is 12.0 Å². The van der Waals surface area contributed by atoms with Crippen molar-refractivity contribution in [3.8, 4) is 0 Å². The van der Waals surface area contributed by atoms with Gasteiger partial charge in [0.25, 0.3) is 0 Å². The van der Waals surface area contributed by atoms with Gasteiger partial charge < -0.3 is 21.5 Å². The highest BCUT2D eigenvalue weighted by Crippen LogP contribution is 2.04. The van der Waals surface area contributed by atoms with E-state index in [2.05, 4.69) is 10.6 Å². The van der Waals surface area contributed by atoms with Gasteiger partial charge in [-0.15, -0.1) is 0 Å². The van der Waals surface area contributed by atoms with Crippen LogP contribution in [0.2, 0.25) is 0 Å². The molecule has 0 aromatic heterocycles. The molecule has 5 N–H and O–H groups in total. The number of carbonyl (C=O) groups excluding carboxylic acids is 1. The Kier molecular flexibility index (Phi) is 5.21. The van der Waals surface area contributed by atoms with E-state index >= 15 is 0 Å². The van der Waals surface area contributed by atoms with Crippen molar-refractivity contribution in [1.29, 1.82) is 0 Å². The molecule has 16 heavy (non-hydrogen) atoms. The van der Waals surface area contributed by atoms with Crippen LogP contribution in [0.1, 0.15) is 25.7 Å². The Labute approximate surface area is 94.6 Å². The summed E-state index contributed by atoms with van der Waals surface area (Å²) < 4.78 is 0. The fraction of sp³-hybridized carbons (Fsp3) is 0.800. The normalized spacial score (nSPS) is 21.7. The number of amides is 1. The second-order valence-corrected chi connectivity index (χ2v) is 4.03. The first kappa shape index (κ1) is 12.9. The summed E-state index contributed by atoms with van der Waals surface area (Å²) in [6.07, 6.45) is 2.88. The number of carboxylic acid groups (broad SMARTS) is 1. The zero-order valence-corrected chi connectivity index (χ0v) is 9.24. The molecule has 1 fully saturated rings. The van der Waals surface area contributed by atoms with Gasteiger partial charge in [0.15, 0.2) is 0 Å². The molecule has 0 radical (unpaired) electrons. The SMILES string of the molecule is NC(CCCNC(=O)C1CCCN1)C(=O)O. The van der Waals surface area contributed by atoms with Gasteiger partial charge in [-0.05, 0) is 32.2 Å². The Morgan fingerprint density at radius 3 is 2.88 bits per heavy atom. The summed E-state index contributed by atoms with van der Waals surface area (Å²) in [6, 6.07) is -0.908. The third-order valence-corrected chi connectivity index (χ3v) is 2.69. The predicted octanol–water partition coefficient (Wildman–Crippen LogP) is -0.953. The summed E-state index contributed by atoms with van der Waals surface area (Å²) in [6.45, 7) is 1.37. The Morgan fingerprint density at radius 1 is 1.56 bits per heavy atom. The van der Waals surface area contributed by atoms with Crippen molar-refractivity contribution >= 4 is 11.9 Å². The number of aliphatic carboxylic acids is 1. The molecule has 1 aliphatic heterocycles. The van der Waals surface area contributed by atoms with Crippen LogP contribution in [-0.4, -0.2) is 42.2 Å². The smallest absolute Gasteiger partial charge is 0.320 e. The molecule has 1 heterocycles. The molecule has 6 nitrogen and oxygen atoms in total. The number of carboxylic acids is 1. The Balaban J connectivity index is 2.06. The first-order valence-electron chi connectivity index (χ1n) is 5.60. The third kappa shape index (κ3) is 4.16. The van der Waals surface area contributed by atoms with Gasteiger partial charge >= 0.3 is 5.97 Å². The summed E-state index contributed by atoms with van der Waals surface area (Å²) in [4.78, 5) is 21.9. The second kappa shape index (κ2) is 6.44. The molecular weight excluding hydrogens is 210 g/mol. The van der Waals surface area contributed by atoms with E-state index in [1.54, 1.807) is 0 Å². The van der Waals surface area contributed by atoms with Crippen LogP contribution in [0.3, 0.4) is 0 Å². The van der Waals surface area contributed by atoms with E-state index in [0.717, 1.165) is 19.4 Å². The lowest BCUT2D eigenvalue weighted by Gasteiger charge is -2.11. The molecule has 0 spiro atoms. The lowest BCUT2D eigenvalue weighted by Crippen LogP contribution is -2.41. The highest BCUT2D eigenvalue weighted by molar-refractivity contribution is 5.81. The van der Waals surface area contributed by atoms with Gasteiger partial charge in [0.1, 0.15) is 6.04 Å². The Morgan fingerprint density at radius 2 is 2.31 bits per heavy atom. The molecule has 2 unspecified atom stereocenters. The molecule has 0 bridgehead atoms. The van der Waals surface area contributed by atoms with Crippen molar-refractivity contribution in [3.63, 3.8) is 0 Å². The molecule has 1 saturated heterocycles. The quantitative estimate of drug-likeness (QED) is 0.439. The molecule has 1 amide bonds. The highest BCUT2D eigenvalue weighted by atomic mass is 16.4. The van der Waals surface area contributed by atoms with Crippen molar-refractivity contribution in [3.05, 3.63) is 0 Å². The summed E-state index contributed by atoms with van der Waals surface area (Å²) in [5, 5.41) is 14.4. The number of nitrogens with one attached hydrogen (secondary N) is 2. The maximum atomic E-state index is 11.5. The van der Waals surface area contributed by atoms with Crippen molar-refractivity contribution in [2.24, 2.45) is 5.73 Å². The minimum atomic E-state index is -0.996. The molecule has 0 aliphatic carbocycles. The minimum Gasteiger partial charge on any atom is -0.480 e. The van der Waals surface area contributed by atoms with E-state index in [-0.39, 0.29) is 11.9 Å². The first-order valence-corrected chi connectivity index (χ1v) is 5.60. The van der Waals surface area contributed by atoms with Crippen molar-refractivity contribution in [2.45, 2.75) is 37.8 Å². The van der Waals surface area contributed by atoms with Gasteiger partial charge in [0.05, 0.1) is 6.04 Å². The maximum Gasteiger partial charge on any atom is 0.320 e. The van der Waals surface area contributed by atoms with E-state index in [9.17, 15) is 9.59 Å². The van der Waals surface area contributed by atoms with Crippen LogP contribution in [0.25, 0.3) is 0 Å².